The monoisotopic (exact) mass is 405 g/mol. The second-order valence-corrected chi connectivity index (χ2v) is 7.08. The largest absolute Gasteiger partial charge is 0.447 e. The first-order valence-electron chi connectivity index (χ1n) is 10.1. The van der Waals surface area contributed by atoms with Gasteiger partial charge in [0.15, 0.2) is 6.29 Å². The van der Waals surface area contributed by atoms with E-state index in [1.165, 1.54) is 7.11 Å². The van der Waals surface area contributed by atoms with Gasteiger partial charge in [0.2, 0.25) is 0 Å². The fourth-order valence-corrected chi connectivity index (χ4v) is 3.03. The maximum absolute atomic E-state index is 11.7. The van der Waals surface area contributed by atoms with Crippen LogP contribution < -0.4 is 5.32 Å². The summed E-state index contributed by atoms with van der Waals surface area (Å²) in [5.41, 5.74) is 0. The molecule has 164 valence electrons. The first kappa shape index (κ1) is 24.8. The topological polar surface area (TPSA) is 135 Å². The fraction of sp³-hybridized carbons (Fsp3) is 0.895. The van der Waals surface area contributed by atoms with E-state index in [-0.39, 0.29) is 6.61 Å². The molecule has 0 radical (unpaired) electrons. The molecule has 0 aliphatic carbocycles. The van der Waals surface area contributed by atoms with Crippen LogP contribution in [0.2, 0.25) is 0 Å². The van der Waals surface area contributed by atoms with Gasteiger partial charge in [-0.2, -0.15) is 0 Å². The van der Waals surface area contributed by atoms with Crippen LogP contribution >= 0.6 is 0 Å². The average Bonchev–Trinajstić information content (AvgIpc) is 2.67. The number of hydrogen-bond donors (Lipinski definition) is 4. The molecule has 0 aromatic heterocycles. The maximum atomic E-state index is 11.7. The molecule has 0 aromatic rings. The van der Waals surface area contributed by atoms with E-state index >= 15 is 0 Å². The zero-order chi connectivity index (χ0) is 20.9. The van der Waals surface area contributed by atoms with Crippen LogP contribution in [0.1, 0.15) is 58.3 Å². The van der Waals surface area contributed by atoms with Gasteiger partial charge in [-0.05, 0) is 19.3 Å². The number of ether oxygens (including phenoxy) is 3. The van der Waals surface area contributed by atoms with Crippen molar-refractivity contribution in [3.8, 4) is 0 Å². The third-order valence-corrected chi connectivity index (χ3v) is 4.77. The van der Waals surface area contributed by atoms with Gasteiger partial charge in [0, 0.05) is 26.5 Å². The van der Waals surface area contributed by atoms with E-state index in [2.05, 4.69) is 12.2 Å². The summed E-state index contributed by atoms with van der Waals surface area (Å²) < 4.78 is 14.9. The molecule has 1 aliphatic heterocycles. The minimum absolute atomic E-state index is 0.298. The van der Waals surface area contributed by atoms with Crippen molar-refractivity contribution in [1.29, 1.82) is 0 Å². The van der Waals surface area contributed by atoms with E-state index < -0.39 is 36.8 Å². The number of methoxy groups -OCH3 is 1. The summed E-state index contributed by atoms with van der Waals surface area (Å²) in [4.78, 5) is 23.3. The van der Waals surface area contributed by atoms with E-state index in [0.29, 0.717) is 25.2 Å². The Hall–Kier alpha value is -1.26. The molecule has 9 heteroatoms. The van der Waals surface area contributed by atoms with Gasteiger partial charge >= 0.3 is 6.09 Å². The van der Waals surface area contributed by atoms with Gasteiger partial charge < -0.3 is 34.8 Å². The minimum Gasteiger partial charge on any atom is -0.447 e. The Bertz CT molecular complexity index is 461. The summed E-state index contributed by atoms with van der Waals surface area (Å²) in [5.74, 6) is 0.298. The predicted octanol–water partition coefficient (Wildman–Crippen LogP) is 0.876. The van der Waals surface area contributed by atoms with Crippen molar-refractivity contribution in [2.24, 2.45) is 0 Å². The van der Waals surface area contributed by atoms with Crippen molar-refractivity contribution in [3.63, 3.8) is 0 Å². The highest BCUT2D eigenvalue weighted by atomic mass is 16.7. The van der Waals surface area contributed by atoms with Gasteiger partial charge in [0.25, 0.3) is 0 Å². The molecule has 28 heavy (non-hydrogen) atoms. The summed E-state index contributed by atoms with van der Waals surface area (Å²) >= 11 is 0. The van der Waals surface area contributed by atoms with Crippen molar-refractivity contribution < 1.29 is 39.1 Å². The molecule has 0 unspecified atom stereocenters. The summed E-state index contributed by atoms with van der Waals surface area (Å²) in [6.07, 6.45) is -0.169. The van der Waals surface area contributed by atoms with Crippen LogP contribution in [0.4, 0.5) is 4.79 Å². The van der Waals surface area contributed by atoms with Gasteiger partial charge in [-0.25, -0.2) is 4.79 Å². The van der Waals surface area contributed by atoms with E-state index in [4.69, 9.17) is 14.2 Å². The molecule has 5 atom stereocenters. The first-order chi connectivity index (χ1) is 13.4. The lowest BCUT2D eigenvalue weighted by molar-refractivity contribution is -0.291. The molecule has 0 aromatic carbocycles. The van der Waals surface area contributed by atoms with Crippen molar-refractivity contribution in [1.82, 2.24) is 5.32 Å². The predicted molar refractivity (Wildman–Crippen MR) is 101 cm³/mol. The lowest BCUT2D eigenvalue weighted by Crippen LogP contribution is -2.59. The molecule has 1 saturated heterocycles. The zero-order valence-electron chi connectivity index (χ0n) is 16.8. The van der Waals surface area contributed by atoms with Crippen molar-refractivity contribution in [2.45, 2.75) is 89.0 Å². The van der Waals surface area contributed by atoms with E-state index in [0.717, 1.165) is 38.5 Å². The lowest BCUT2D eigenvalue weighted by Gasteiger charge is -2.39. The summed E-state index contributed by atoms with van der Waals surface area (Å²) in [5, 5.41) is 32.1. The quantitative estimate of drug-likeness (QED) is 0.332. The summed E-state index contributed by atoms with van der Waals surface area (Å²) in [7, 11) is 1.28. The fourth-order valence-electron chi connectivity index (χ4n) is 3.03. The number of Topliss-reactive ketones (excluding diaryl/α,β-unsaturated/α-hetero) is 1. The molecule has 0 bridgehead atoms. The lowest BCUT2D eigenvalue weighted by atomic mass is 9.99. The highest BCUT2D eigenvalue weighted by Crippen LogP contribution is 2.22. The maximum Gasteiger partial charge on any atom is 0.407 e. The van der Waals surface area contributed by atoms with Gasteiger partial charge in [0.1, 0.15) is 36.8 Å². The smallest absolute Gasteiger partial charge is 0.407 e. The number of hydrogen-bond acceptors (Lipinski definition) is 8. The van der Waals surface area contributed by atoms with Crippen LogP contribution in [0.25, 0.3) is 0 Å². The number of carbonyl (C=O) groups is 2. The van der Waals surface area contributed by atoms with Gasteiger partial charge in [-0.3, -0.25) is 4.79 Å². The van der Waals surface area contributed by atoms with Crippen molar-refractivity contribution in [3.05, 3.63) is 0 Å². The molecule has 1 amide bonds. The van der Waals surface area contributed by atoms with Crippen molar-refractivity contribution >= 4 is 11.9 Å². The molecule has 0 saturated carbocycles. The minimum atomic E-state index is -1.43. The van der Waals surface area contributed by atoms with Crippen LogP contribution in [-0.2, 0) is 19.0 Å². The number of rotatable bonds is 13. The number of aliphatic hydroxyl groups excluding tert-OH is 3. The zero-order valence-corrected chi connectivity index (χ0v) is 16.8. The number of nitrogens with one attached hydrogen (secondary N) is 1. The summed E-state index contributed by atoms with van der Waals surface area (Å²) in [6, 6.07) is 0. The third kappa shape index (κ3) is 8.83. The number of amides is 1. The van der Waals surface area contributed by atoms with Crippen LogP contribution in [0.3, 0.4) is 0 Å². The second-order valence-electron chi connectivity index (χ2n) is 7.08. The molecule has 4 N–H and O–H groups in total. The molecule has 1 fully saturated rings. The average molecular weight is 405 g/mol. The van der Waals surface area contributed by atoms with E-state index in [9.17, 15) is 24.9 Å². The molecule has 1 heterocycles. The van der Waals surface area contributed by atoms with Crippen LogP contribution in [-0.4, -0.2) is 78.2 Å². The van der Waals surface area contributed by atoms with Crippen LogP contribution in [0.15, 0.2) is 0 Å². The van der Waals surface area contributed by atoms with Gasteiger partial charge in [0.05, 0.1) is 0 Å². The molecular weight excluding hydrogens is 370 g/mol. The van der Waals surface area contributed by atoms with E-state index in [1.807, 2.05) is 0 Å². The Labute approximate surface area is 166 Å². The highest BCUT2D eigenvalue weighted by Gasteiger charge is 2.44. The molecule has 1 rings (SSSR count). The standard InChI is InChI=1S/C19H35NO8/c1-3-4-6-9-13(21)10-7-5-8-11-20-19(25)27-12-14-15(22)16(23)17(26-2)18(24)28-14/h14-18,22-24H,3-12H2,1-2H3,(H,20,25)/t14-,15-,16+,17-,18+/m1/s1. The molecule has 0 spiro atoms. The number of aliphatic hydroxyl groups is 3. The molecular formula is C19H35NO8. The Balaban J connectivity index is 2.10. The number of alkyl carbamates (subject to hydrolysis) is 1. The second kappa shape index (κ2) is 13.8. The van der Waals surface area contributed by atoms with Gasteiger partial charge in [-0.1, -0.05) is 26.2 Å². The van der Waals surface area contributed by atoms with Gasteiger partial charge in [-0.15, -0.1) is 0 Å². The Morgan fingerprint density at radius 3 is 2.32 bits per heavy atom. The highest BCUT2D eigenvalue weighted by molar-refractivity contribution is 5.78. The Kier molecular flexibility index (Phi) is 12.2. The number of carbonyl (C=O) groups excluding carboxylic acids is 2. The Morgan fingerprint density at radius 2 is 1.68 bits per heavy atom. The van der Waals surface area contributed by atoms with Crippen LogP contribution in [0, 0.1) is 0 Å². The van der Waals surface area contributed by atoms with Crippen molar-refractivity contribution in [2.75, 3.05) is 20.3 Å². The molecule has 1 aliphatic rings. The SMILES string of the molecule is CCCCCC(=O)CCCCCNC(=O)OC[C@H]1O[C@H](O)[C@H](OC)[C@@H](O)[C@@H]1O. The third-order valence-electron chi connectivity index (χ3n) is 4.77. The first-order valence-corrected chi connectivity index (χ1v) is 10.1. The summed E-state index contributed by atoms with van der Waals surface area (Å²) in [6.45, 7) is 2.20. The molecule has 9 nitrogen and oxygen atoms in total. The van der Waals surface area contributed by atoms with Crippen LogP contribution in [0.5, 0.6) is 0 Å². The van der Waals surface area contributed by atoms with E-state index in [1.54, 1.807) is 0 Å². The normalized spacial score (nSPS) is 27.4. The Morgan fingerprint density at radius 1 is 1.00 bits per heavy atom. The number of unbranched alkanes of at least 4 members (excludes halogenated alkanes) is 4. The number of ketones is 1.